The summed E-state index contributed by atoms with van der Waals surface area (Å²) in [7, 11) is 0. The number of phenolic OH excluding ortho intramolecular Hbond substituents is 1. The van der Waals surface area contributed by atoms with Crippen molar-refractivity contribution in [3.63, 3.8) is 0 Å². The van der Waals surface area contributed by atoms with Crippen LogP contribution in [0.25, 0.3) is 11.5 Å². The number of nitrogens with zero attached hydrogens (tertiary/aromatic N) is 1. The van der Waals surface area contributed by atoms with E-state index in [-0.39, 0.29) is 5.75 Å². The largest absolute Gasteiger partial charge is 0.508 e. The van der Waals surface area contributed by atoms with Gasteiger partial charge in [0, 0.05) is 5.56 Å². The summed E-state index contributed by atoms with van der Waals surface area (Å²) in [5.74, 6) is 1.36. The standard InChI is InChI=1S/C11H12N2O2/c1-7-10(6-12)15-11(13-7)8-3-2-4-9(14)5-8/h2-5,14H,6,12H2,1H3. The first kappa shape index (κ1) is 9.73. The molecule has 2 aromatic rings. The van der Waals surface area contributed by atoms with Crippen LogP contribution in [0.5, 0.6) is 5.75 Å². The molecule has 1 heterocycles. The molecule has 0 aliphatic heterocycles. The number of rotatable bonds is 2. The molecule has 78 valence electrons. The second-order valence-corrected chi connectivity index (χ2v) is 3.28. The fraction of sp³-hybridized carbons (Fsp3) is 0.182. The lowest BCUT2D eigenvalue weighted by Crippen LogP contribution is -1.95. The maximum absolute atomic E-state index is 9.31. The minimum atomic E-state index is 0.192. The van der Waals surface area contributed by atoms with E-state index in [2.05, 4.69) is 4.98 Å². The predicted molar refractivity (Wildman–Crippen MR) is 56.2 cm³/mol. The van der Waals surface area contributed by atoms with E-state index in [1.54, 1.807) is 18.2 Å². The van der Waals surface area contributed by atoms with Gasteiger partial charge < -0.3 is 15.3 Å². The van der Waals surface area contributed by atoms with Gasteiger partial charge in [0.1, 0.15) is 11.5 Å². The summed E-state index contributed by atoms with van der Waals surface area (Å²) in [6.45, 7) is 2.18. The van der Waals surface area contributed by atoms with Crippen LogP contribution in [0.4, 0.5) is 0 Å². The van der Waals surface area contributed by atoms with Crippen LogP contribution in [0.1, 0.15) is 11.5 Å². The van der Waals surface area contributed by atoms with Crippen LogP contribution < -0.4 is 5.73 Å². The third-order valence-electron chi connectivity index (χ3n) is 2.17. The molecule has 0 saturated carbocycles. The molecule has 0 atom stereocenters. The number of aromatic nitrogens is 1. The van der Waals surface area contributed by atoms with Crippen molar-refractivity contribution in [1.29, 1.82) is 0 Å². The van der Waals surface area contributed by atoms with Gasteiger partial charge in [-0.15, -0.1) is 0 Å². The van der Waals surface area contributed by atoms with Crippen molar-refractivity contribution in [2.75, 3.05) is 0 Å². The first-order valence-corrected chi connectivity index (χ1v) is 4.66. The van der Waals surface area contributed by atoms with Crippen LogP contribution in [-0.2, 0) is 6.54 Å². The molecule has 2 rings (SSSR count). The van der Waals surface area contributed by atoms with Crippen molar-refractivity contribution in [3.05, 3.63) is 35.7 Å². The number of hydrogen-bond donors (Lipinski definition) is 2. The highest BCUT2D eigenvalue weighted by Crippen LogP contribution is 2.24. The van der Waals surface area contributed by atoms with Crippen molar-refractivity contribution >= 4 is 0 Å². The molecular formula is C11H12N2O2. The van der Waals surface area contributed by atoms with Gasteiger partial charge in [0.05, 0.1) is 12.2 Å². The number of phenols is 1. The second kappa shape index (κ2) is 3.74. The van der Waals surface area contributed by atoms with E-state index >= 15 is 0 Å². The summed E-state index contributed by atoms with van der Waals surface area (Å²) >= 11 is 0. The SMILES string of the molecule is Cc1nc(-c2cccc(O)c2)oc1CN. The summed E-state index contributed by atoms with van der Waals surface area (Å²) in [5, 5.41) is 9.31. The lowest BCUT2D eigenvalue weighted by Gasteiger charge is -1.95. The summed E-state index contributed by atoms with van der Waals surface area (Å²) in [4.78, 5) is 4.24. The number of benzene rings is 1. The number of nitrogens with two attached hydrogens (primary N) is 1. The Labute approximate surface area is 87.4 Å². The number of hydrogen-bond acceptors (Lipinski definition) is 4. The number of aryl methyl sites for hydroxylation is 1. The van der Waals surface area contributed by atoms with Crippen molar-refractivity contribution in [2.45, 2.75) is 13.5 Å². The zero-order chi connectivity index (χ0) is 10.8. The lowest BCUT2D eigenvalue weighted by molar-refractivity contribution is 0.474. The molecule has 4 heteroatoms. The molecule has 15 heavy (non-hydrogen) atoms. The molecule has 0 bridgehead atoms. The van der Waals surface area contributed by atoms with E-state index in [9.17, 15) is 5.11 Å². The van der Waals surface area contributed by atoms with Gasteiger partial charge in [-0.25, -0.2) is 4.98 Å². The van der Waals surface area contributed by atoms with Crippen LogP contribution >= 0.6 is 0 Å². The van der Waals surface area contributed by atoms with Gasteiger partial charge >= 0.3 is 0 Å². The summed E-state index contributed by atoms with van der Waals surface area (Å²) in [6, 6.07) is 6.77. The van der Waals surface area contributed by atoms with Gasteiger partial charge in [-0.05, 0) is 25.1 Å². The first-order valence-electron chi connectivity index (χ1n) is 4.66. The second-order valence-electron chi connectivity index (χ2n) is 3.28. The third-order valence-corrected chi connectivity index (χ3v) is 2.17. The van der Waals surface area contributed by atoms with E-state index < -0.39 is 0 Å². The van der Waals surface area contributed by atoms with Crippen LogP contribution in [0.15, 0.2) is 28.7 Å². The molecule has 1 aromatic carbocycles. The average Bonchev–Trinajstić information content (AvgIpc) is 2.60. The monoisotopic (exact) mass is 204 g/mol. The van der Waals surface area contributed by atoms with Crippen molar-refractivity contribution in [1.82, 2.24) is 4.98 Å². The fourth-order valence-corrected chi connectivity index (χ4v) is 1.38. The summed E-state index contributed by atoms with van der Waals surface area (Å²) in [6.07, 6.45) is 0. The zero-order valence-corrected chi connectivity index (χ0v) is 8.40. The molecule has 0 unspecified atom stereocenters. The van der Waals surface area contributed by atoms with Gasteiger partial charge in [-0.3, -0.25) is 0 Å². The van der Waals surface area contributed by atoms with E-state index in [4.69, 9.17) is 10.2 Å². The van der Waals surface area contributed by atoms with Crippen molar-refractivity contribution in [3.8, 4) is 17.2 Å². The molecule has 0 spiro atoms. The lowest BCUT2D eigenvalue weighted by atomic mass is 10.2. The van der Waals surface area contributed by atoms with Crippen LogP contribution in [0, 0.1) is 6.92 Å². The quantitative estimate of drug-likeness (QED) is 0.782. The summed E-state index contributed by atoms with van der Waals surface area (Å²) in [5.41, 5.74) is 7.02. The highest BCUT2D eigenvalue weighted by Gasteiger charge is 2.09. The van der Waals surface area contributed by atoms with E-state index in [0.29, 0.717) is 18.2 Å². The normalized spacial score (nSPS) is 10.5. The topological polar surface area (TPSA) is 72.3 Å². The van der Waals surface area contributed by atoms with Gasteiger partial charge in [-0.1, -0.05) is 6.07 Å². The molecule has 0 aliphatic carbocycles. The third kappa shape index (κ3) is 1.85. The predicted octanol–water partition coefficient (Wildman–Crippen LogP) is 1.81. The summed E-state index contributed by atoms with van der Waals surface area (Å²) < 4.78 is 5.46. The minimum absolute atomic E-state index is 0.192. The van der Waals surface area contributed by atoms with E-state index in [1.165, 1.54) is 0 Å². The maximum atomic E-state index is 9.31. The molecule has 4 nitrogen and oxygen atoms in total. The molecule has 0 saturated heterocycles. The Morgan fingerprint density at radius 1 is 1.47 bits per heavy atom. The Morgan fingerprint density at radius 2 is 2.27 bits per heavy atom. The van der Waals surface area contributed by atoms with Gasteiger partial charge in [0.2, 0.25) is 5.89 Å². The molecule has 0 fully saturated rings. The minimum Gasteiger partial charge on any atom is -0.508 e. The highest BCUT2D eigenvalue weighted by atomic mass is 16.4. The zero-order valence-electron chi connectivity index (χ0n) is 8.40. The average molecular weight is 204 g/mol. The van der Waals surface area contributed by atoms with Crippen molar-refractivity contribution < 1.29 is 9.52 Å². The molecule has 0 radical (unpaired) electrons. The van der Waals surface area contributed by atoms with Crippen LogP contribution in [0.2, 0.25) is 0 Å². The smallest absolute Gasteiger partial charge is 0.226 e. The Balaban J connectivity index is 2.45. The Hall–Kier alpha value is -1.81. The highest BCUT2D eigenvalue weighted by molar-refractivity contribution is 5.56. The van der Waals surface area contributed by atoms with Crippen LogP contribution in [0.3, 0.4) is 0 Å². The maximum Gasteiger partial charge on any atom is 0.226 e. The van der Waals surface area contributed by atoms with E-state index in [0.717, 1.165) is 11.3 Å². The molecule has 0 amide bonds. The Morgan fingerprint density at radius 3 is 2.87 bits per heavy atom. The Kier molecular flexibility index (Phi) is 2.43. The molecule has 0 aliphatic rings. The first-order chi connectivity index (χ1) is 7.20. The number of oxazole rings is 1. The van der Waals surface area contributed by atoms with Gasteiger partial charge in [0.15, 0.2) is 0 Å². The molecule has 1 aromatic heterocycles. The van der Waals surface area contributed by atoms with Crippen molar-refractivity contribution in [2.24, 2.45) is 5.73 Å². The molecule has 3 N–H and O–H groups in total. The van der Waals surface area contributed by atoms with Crippen LogP contribution in [-0.4, -0.2) is 10.1 Å². The van der Waals surface area contributed by atoms with E-state index in [1.807, 2.05) is 13.0 Å². The van der Waals surface area contributed by atoms with Gasteiger partial charge in [-0.2, -0.15) is 0 Å². The fourth-order valence-electron chi connectivity index (χ4n) is 1.38. The van der Waals surface area contributed by atoms with Gasteiger partial charge in [0.25, 0.3) is 0 Å². The number of aromatic hydroxyl groups is 1. The Bertz CT molecular complexity index is 477. The molecular weight excluding hydrogens is 192 g/mol.